The lowest BCUT2D eigenvalue weighted by Crippen LogP contribution is -2.51. The van der Waals surface area contributed by atoms with Crippen LogP contribution in [-0.2, 0) is 10.2 Å². The molecule has 1 saturated heterocycles. The van der Waals surface area contributed by atoms with Crippen molar-refractivity contribution in [2.24, 2.45) is 0 Å². The first-order chi connectivity index (χ1) is 8.74. The van der Waals surface area contributed by atoms with Gasteiger partial charge in [0.25, 0.3) is 10.2 Å². The Balaban J connectivity index is 2.70. The third-order valence-electron chi connectivity index (χ3n) is 3.12. The van der Waals surface area contributed by atoms with Crippen molar-refractivity contribution >= 4 is 10.2 Å². The molecule has 114 valence electrons. The molecule has 5 nitrogen and oxygen atoms in total. The van der Waals surface area contributed by atoms with E-state index in [-0.39, 0.29) is 0 Å². The van der Waals surface area contributed by atoms with E-state index in [1.54, 1.807) is 4.31 Å². The van der Waals surface area contributed by atoms with Crippen LogP contribution in [0.2, 0.25) is 0 Å². The molecule has 0 spiro atoms. The van der Waals surface area contributed by atoms with Crippen molar-refractivity contribution in [3.8, 4) is 0 Å². The molecule has 1 unspecified atom stereocenters. The number of nitrogens with one attached hydrogen (secondary N) is 2. The lowest BCUT2D eigenvalue weighted by atomic mass is 10.1. The summed E-state index contributed by atoms with van der Waals surface area (Å²) < 4.78 is 29.2. The van der Waals surface area contributed by atoms with Gasteiger partial charge in [0, 0.05) is 24.7 Å². The van der Waals surface area contributed by atoms with E-state index in [1.165, 1.54) is 0 Å². The highest BCUT2D eigenvalue weighted by Gasteiger charge is 2.29. The first-order valence-electron chi connectivity index (χ1n) is 7.27. The van der Waals surface area contributed by atoms with Crippen molar-refractivity contribution in [2.75, 3.05) is 19.6 Å². The van der Waals surface area contributed by atoms with E-state index < -0.39 is 15.7 Å². The molecule has 1 fully saturated rings. The van der Waals surface area contributed by atoms with E-state index in [9.17, 15) is 8.42 Å². The molecule has 6 heteroatoms. The minimum absolute atomic E-state index is 0.299. The van der Waals surface area contributed by atoms with E-state index in [0.29, 0.717) is 19.1 Å². The molecule has 1 aliphatic heterocycles. The summed E-state index contributed by atoms with van der Waals surface area (Å²) in [4.78, 5) is 0. The smallest absolute Gasteiger partial charge is 0.279 e. The molecule has 0 radical (unpaired) electrons. The van der Waals surface area contributed by atoms with Crippen LogP contribution in [-0.4, -0.2) is 43.9 Å². The van der Waals surface area contributed by atoms with Crippen molar-refractivity contribution < 1.29 is 8.42 Å². The molecular formula is C13H29N3O2S. The normalized spacial score (nSPS) is 21.2. The quantitative estimate of drug-likeness (QED) is 0.747. The van der Waals surface area contributed by atoms with Gasteiger partial charge in [0.05, 0.1) is 0 Å². The van der Waals surface area contributed by atoms with Crippen LogP contribution in [0.1, 0.15) is 53.4 Å². The van der Waals surface area contributed by atoms with E-state index >= 15 is 0 Å². The van der Waals surface area contributed by atoms with Gasteiger partial charge in [-0.3, -0.25) is 0 Å². The molecule has 0 aliphatic carbocycles. The summed E-state index contributed by atoms with van der Waals surface area (Å²) in [7, 11) is -3.40. The largest absolute Gasteiger partial charge is 0.313 e. The number of hydrogen-bond donors (Lipinski definition) is 2. The van der Waals surface area contributed by atoms with Crippen LogP contribution < -0.4 is 10.0 Å². The molecule has 0 aromatic rings. The number of nitrogens with zero attached hydrogens (tertiary/aromatic N) is 1. The van der Waals surface area contributed by atoms with Gasteiger partial charge in [-0.1, -0.05) is 13.3 Å². The van der Waals surface area contributed by atoms with Gasteiger partial charge in [0.15, 0.2) is 0 Å². The third-order valence-corrected chi connectivity index (χ3v) is 5.00. The van der Waals surface area contributed by atoms with Crippen LogP contribution in [0.3, 0.4) is 0 Å². The first kappa shape index (κ1) is 16.9. The average Bonchev–Trinajstić information content (AvgIpc) is 2.73. The van der Waals surface area contributed by atoms with Crippen molar-refractivity contribution in [1.82, 2.24) is 14.3 Å². The Morgan fingerprint density at radius 1 is 1.37 bits per heavy atom. The van der Waals surface area contributed by atoms with E-state index in [1.807, 2.05) is 20.8 Å². The summed E-state index contributed by atoms with van der Waals surface area (Å²) in [6.45, 7) is 9.86. The van der Waals surface area contributed by atoms with Gasteiger partial charge < -0.3 is 5.32 Å². The summed E-state index contributed by atoms with van der Waals surface area (Å²) in [6.07, 6.45) is 4.10. The van der Waals surface area contributed by atoms with Crippen LogP contribution in [0.25, 0.3) is 0 Å². The molecule has 2 N–H and O–H groups in total. The molecule has 1 heterocycles. The number of hydrogen-bond acceptors (Lipinski definition) is 3. The Morgan fingerprint density at radius 2 is 2.05 bits per heavy atom. The van der Waals surface area contributed by atoms with Gasteiger partial charge in [-0.05, 0) is 46.6 Å². The Kier molecular flexibility index (Phi) is 6.23. The maximum Gasteiger partial charge on any atom is 0.279 e. The molecular weight excluding hydrogens is 262 g/mol. The van der Waals surface area contributed by atoms with Crippen molar-refractivity contribution in [1.29, 1.82) is 0 Å². The molecule has 1 atom stereocenters. The molecule has 1 rings (SSSR count). The van der Waals surface area contributed by atoms with Gasteiger partial charge in [0.1, 0.15) is 0 Å². The van der Waals surface area contributed by atoms with E-state index in [2.05, 4.69) is 17.0 Å². The van der Waals surface area contributed by atoms with Crippen molar-refractivity contribution in [3.63, 3.8) is 0 Å². The first-order valence-corrected chi connectivity index (χ1v) is 8.71. The fourth-order valence-corrected chi connectivity index (χ4v) is 3.90. The second kappa shape index (κ2) is 7.02. The summed E-state index contributed by atoms with van der Waals surface area (Å²) in [5, 5.41) is 3.36. The Labute approximate surface area is 118 Å². The molecule has 19 heavy (non-hydrogen) atoms. The zero-order valence-electron chi connectivity index (χ0n) is 12.7. The SMILES string of the molecule is CCCCN(CC1CCCN1)S(=O)(=O)NC(C)(C)C. The molecule has 0 amide bonds. The predicted molar refractivity (Wildman–Crippen MR) is 79.3 cm³/mol. The zero-order chi connectivity index (χ0) is 14.5. The predicted octanol–water partition coefficient (Wildman–Crippen LogP) is 1.47. The lowest BCUT2D eigenvalue weighted by molar-refractivity contribution is 0.348. The summed E-state index contributed by atoms with van der Waals surface area (Å²) in [5.74, 6) is 0. The monoisotopic (exact) mass is 291 g/mol. The molecule has 0 aromatic carbocycles. The molecule has 0 aromatic heterocycles. The fourth-order valence-electron chi connectivity index (χ4n) is 2.25. The van der Waals surface area contributed by atoms with Crippen LogP contribution >= 0.6 is 0 Å². The van der Waals surface area contributed by atoms with Crippen molar-refractivity contribution in [3.05, 3.63) is 0 Å². The zero-order valence-corrected chi connectivity index (χ0v) is 13.5. The van der Waals surface area contributed by atoms with Crippen LogP contribution in [0.4, 0.5) is 0 Å². The molecule has 1 aliphatic rings. The summed E-state index contributed by atoms with van der Waals surface area (Å²) >= 11 is 0. The number of unbranched alkanes of at least 4 members (excludes halogenated alkanes) is 1. The van der Waals surface area contributed by atoms with Crippen molar-refractivity contribution in [2.45, 2.75) is 65.0 Å². The van der Waals surface area contributed by atoms with Gasteiger partial charge in [0.2, 0.25) is 0 Å². The second-order valence-electron chi connectivity index (χ2n) is 6.36. The van der Waals surface area contributed by atoms with Gasteiger partial charge >= 0.3 is 0 Å². The lowest BCUT2D eigenvalue weighted by Gasteiger charge is -2.29. The molecule has 0 saturated carbocycles. The number of rotatable bonds is 7. The highest BCUT2D eigenvalue weighted by Crippen LogP contribution is 2.12. The average molecular weight is 291 g/mol. The van der Waals surface area contributed by atoms with E-state index in [4.69, 9.17) is 0 Å². The van der Waals surface area contributed by atoms with Gasteiger partial charge in [-0.15, -0.1) is 0 Å². The molecule has 0 bridgehead atoms. The Bertz CT molecular complexity index is 357. The van der Waals surface area contributed by atoms with Crippen LogP contribution in [0, 0.1) is 0 Å². The minimum atomic E-state index is -3.40. The fraction of sp³-hybridized carbons (Fsp3) is 1.00. The summed E-state index contributed by atoms with van der Waals surface area (Å²) in [5.41, 5.74) is -0.438. The summed E-state index contributed by atoms with van der Waals surface area (Å²) in [6, 6.07) is 0.299. The minimum Gasteiger partial charge on any atom is -0.313 e. The second-order valence-corrected chi connectivity index (χ2v) is 8.03. The van der Waals surface area contributed by atoms with Gasteiger partial charge in [-0.2, -0.15) is 17.4 Å². The maximum atomic E-state index is 12.4. The standard InChI is InChI=1S/C13H29N3O2S/c1-5-6-10-16(11-12-8-7-9-14-12)19(17,18)15-13(2,3)4/h12,14-15H,5-11H2,1-4H3. The third kappa shape index (κ3) is 6.21. The Morgan fingerprint density at radius 3 is 2.53 bits per heavy atom. The van der Waals surface area contributed by atoms with Crippen LogP contribution in [0.15, 0.2) is 0 Å². The van der Waals surface area contributed by atoms with E-state index in [0.717, 1.165) is 32.2 Å². The highest BCUT2D eigenvalue weighted by molar-refractivity contribution is 7.87. The highest BCUT2D eigenvalue weighted by atomic mass is 32.2. The maximum absolute atomic E-state index is 12.4. The Hall–Kier alpha value is -0.170. The van der Waals surface area contributed by atoms with Gasteiger partial charge in [-0.25, -0.2) is 0 Å². The van der Waals surface area contributed by atoms with Crippen LogP contribution in [0.5, 0.6) is 0 Å². The topological polar surface area (TPSA) is 61.4 Å².